The van der Waals surface area contributed by atoms with E-state index in [1.807, 2.05) is 13.8 Å². The summed E-state index contributed by atoms with van der Waals surface area (Å²) >= 11 is 0. The smallest absolute Gasteiger partial charge is 0.255 e. The molecule has 2 unspecified atom stereocenters. The van der Waals surface area contributed by atoms with Crippen LogP contribution in [0.1, 0.15) is 37.0 Å². The van der Waals surface area contributed by atoms with Gasteiger partial charge in [0.25, 0.3) is 5.91 Å². The summed E-state index contributed by atoms with van der Waals surface area (Å²) in [7, 11) is 1.52. The highest BCUT2D eigenvalue weighted by Gasteiger charge is 2.26. The minimum absolute atomic E-state index is 0.00759. The molecule has 1 heterocycles. The molecule has 138 valence electrons. The SMILES string of the molecule is COc1ccccc1C(=O)NC(C(=O)NCCC1CCNC1)C(C)C. The number of hydrogen-bond acceptors (Lipinski definition) is 4. The van der Waals surface area contributed by atoms with Gasteiger partial charge in [0.2, 0.25) is 5.91 Å². The summed E-state index contributed by atoms with van der Waals surface area (Å²) in [6.07, 6.45) is 2.12. The van der Waals surface area contributed by atoms with Crippen molar-refractivity contribution in [2.24, 2.45) is 11.8 Å². The zero-order valence-electron chi connectivity index (χ0n) is 15.3. The fraction of sp³-hybridized carbons (Fsp3) is 0.579. The van der Waals surface area contributed by atoms with Crippen LogP contribution in [0.4, 0.5) is 0 Å². The van der Waals surface area contributed by atoms with Gasteiger partial charge in [-0.05, 0) is 49.9 Å². The van der Waals surface area contributed by atoms with Crippen LogP contribution < -0.4 is 20.7 Å². The molecule has 1 aromatic rings. The lowest BCUT2D eigenvalue weighted by Crippen LogP contribution is -2.50. The minimum atomic E-state index is -0.570. The van der Waals surface area contributed by atoms with Crippen molar-refractivity contribution in [2.45, 2.75) is 32.7 Å². The second-order valence-corrected chi connectivity index (χ2v) is 6.83. The lowest BCUT2D eigenvalue weighted by molar-refractivity contribution is -0.123. The molecule has 1 fully saturated rings. The number of nitrogens with one attached hydrogen (secondary N) is 3. The summed E-state index contributed by atoms with van der Waals surface area (Å²) in [4.78, 5) is 25.1. The highest BCUT2D eigenvalue weighted by molar-refractivity contribution is 5.99. The second kappa shape index (κ2) is 9.42. The summed E-state index contributed by atoms with van der Waals surface area (Å²) in [6.45, 7) is 6.57. The Bertz CT molecular complexity index is 583. The molecule has 1 saturated heterocycles. The first-order valence-corrected chi connectivity index (χ1v) is 8.95. The van der Waals surface area contributed by atoms with Gasteiger partial charge >= 0.3 is 0 Å². The summed E-state index contributed by atoms with van der Waals surface area (Å²) in [5.41, 5.74) is 0.431. The van der Waals surface area contributed by atoms with Crippen LogP contribution in [0.5, 0.6) is 5.75 Å². The van der Waals surface area contributed by atoms with Crippen molar-refractivity contribution in [1.82, 2.24) is 16.0 Å². The number of para-hydroxylation sites is 1. The van der Waals surface area contributed by atoms with Gasteiger partial charge in [-0.15, -0.1) is 0 Å². The molecule has 6 heteroatoms. The molecule has 1 aliphatic heterocycles. The molecule has 0 bridgehead atoms. The maximum atomic E-state index is 12.5. The van der Waals surface area contributed by atoms with Crippen LogP contribution in [0.3, 0.4) is 0 Å². The highest BCUT2D eigenvalue weighted by atomic mass is 16.5. The summed E-state index contributed by atoms with van der Waals surface area (Å²) < 4.78 is 5.22. The zero-order chi connectivity index (χ0) is 18.2. The number of hydrogen-bond donors (Lipinski definition) is 3. The van der Waals surface area contributed by atoms with Crippen LogP contribution in [-0.4, -0.2) is 44.6 Å². The predicted octanol–water partition coefficient (Wildman–Crippen LogP) is 1.57. The molecule has 0 aromatic heterocycles. The van der Waals surface area contributed by atoms with E-state index in [1.165, 1.54) is 7.11 Å². The molecule has 0 spiro atoms. The maximum absolute atomic E-state index is 12.5. The van der Waals surface area contributed by atoms with E-state index in [0.29, 0.717) is 23.8 Å². The quantitative estimate of drug-likeness (QED) is 0.667. The molecule has 2 amide bonds. The van der Waals surface area contributed by atoms with E-state index in [9.17, 15) is 9.59 Å². The van der Waals surface area contributed by atoms with Crippen LogP contribution >= 0.6 is 0 Å². The van der Waals surface area contributed by atoms with E-state index in [4.69, 9.17) is 4.74 Å². The number of amides is 2. The van der Waals surface area contributed by atoms with Crippen molar-refractivity contribution >= 4 is 11.8 Å². The molecule has 1 aromatic carbocycles. The number of benzene rings is 1. The second-order valence-electron chi connectivity index (χ2n) is 6.83. The number of rotatable bonds is 8. The summed E-state index contributed by atoms with van der Waals surface area (Å²) in [5, 5.41) is 9.13. The first kappa shape index (κ1) is 19.2. The van der Waals surface area contributed by atoms with Gasteiger partial charge in [-0.25, -0.2) is 0 Å². The molecule has 1 aliphatic rings. The Morgan fingerprint density at radius 1 is 1.32 bits per heavy atom. The average Bonchev–Trinajstić information content (AvgIpc) is 3.12. The Kier molecular flexibility index (Phi) is 7.25. The van der Waals surface area contributed by atoms with Crippen LogP contribution in [0.15, 0.2) is 24.3 Å². The Balaban J connectivity index is 1.92. The predicted molar refractivity (Wildman–Crippen MR) is 97.7 cm³/mol. The molecular weight excluding hydrogens is 318 g/mol. The third-order valence-corrected chi connectivity index (χ3v) is 4.60. The number of methoxy groups -OCH3 is 1. The van der Waals surface area contributed by atoms with Crippen molar-refractivity contribution in [1.29, 1.82) is 0 Å². The van der Waals surface area contributed by atoms with Gasteiger partial charge in [0.1, 0.15) is 11.8 Å². The topological polar surface area (TPSA) is 79.5 Å². The molecular formula is C19H29N3O3. The third kappa shape index (κ3) is 5.46. The Hall–Kier alpha value is -2.08. The first-order chi connectivity index (χ1) is 12.0. The van der Waals surface area contributed by atoms with E-state index in [-0.39, 0.29) is 17.7 Å². The molecule has 3 N–H and O–H groups in total. The normalized spacial score (nSPS) is 18.0. The molecule has 6 nitrogen and oxygen atoms in total. The minimum Gasteiger partial charge on any atom is -0.496 e. The lowest BCUT2D eigenvalue weighted by atomic mass is 10.0. The fourth-order valence-electron chi connectivity index (χ4n) is 3.06. The van der Waals surface area contributed by atoms with Gasteiger partial charge in [0.05, 0.1) is 12.7 Å². The molecule has 0 saturated carbocycles. The molecule has 0 aliphatic carbocycles. The fourth-order valence-corrected chi connectivity index (χ4v) is 3.06. The van der Waals surface area contributed by atoms with Crippen LogP contribution in [0.2, 0.25) is 0 Å². The number of carbonyl (C=O) groups excluding carboxylic acids is 2. The van der Waals surface area contributed by atoms with Crippen molar-refractivity contribution in [3.8, 4) is 5.75 Å². The summed E-state index contributed by atoms with van der Waals surface area (Å²) in [5.74, 6) is 0.680. The van der Waals surface area contributed by atoms with Crippen LogP contribution in [0, 0.1) is 11.8 Å². The Morgan fingerprint density at radius 3 is 2.72 bits per heavy atom. The van der Waals surface area contributed by atoms with Crippen molar-refractivity contribution in [3.05, 3.63) is 29.8 Å². The van der Waals surface area contributed by atoms with Gasteiger partial charge < -0.3 is 20.7 Å². The van der Waals surface area contributed by atoms with E-state index in [2.05, 4.69) is 16.0 Å². The van der Waals surface area contributed by atoms with Crippen molar-refractivity contribution in [2.75, 3.05) is 26.7 Å². The standard InChI is InChI=1S/C19H29N3O3/c1-13(2)17(19(24)21-11-9-14-8-10-20-12-14)22-18(23)15-6-4-5-7-16(15)25-3/h4-7,13-14,17,20H,8-12H2,1-3H3,(H,21,24)(H,22,23). The van der Waals surface area contributed by atoms with Crippen LogP contribution in [-0.2, 0) is 4.79 Å². The Morgan fingerprint density at radius 2 is 2.08 bits per heavy atom. The lowest BCUT2D eigenvalue weighted by Gasteiger charge is -2.22. The third-order valence-electron chi connectivity index (χ3n) is 4.60. The zero-order valence-corrected chi connectivity index (χ0v) is 15.3. The van der Waals surface area contributed by atoms with Gasteiger partial charge in [0, 0.05) is 6.54 Å². The van der Waals surface area contributed by atoms with E-state index >= 15 is 0 Å². The highest BCUT2D eigenvalue weighted by Crippen LogP contribution is 2.17. The molecule has 0 radical (unpaired) electrons. The maximum Gasteiger partial charge on any atom is 0.255 e. The summed E-state index contributed by atoms with van der Waals surface area (Å²) in [6, 6.07) is 6.43. The van der Waals surface area contributed by atoms with Crippen molar-refractivity contribution < 1.29 is 14.3 Å². The molecule has 2 atom stereocenters. The first-order valence-electron chi connectivity index (χ1n) is 8.95. The molecule has 2 rings (SSSR count). The average molecular weight is 347 g/mol. The molecule has 25 heavy (non-hydrogen) atoms. The monoisotopic (exact) mass is 347 g/mol. The van der Waals surface area contributed by atoms with Gasteiger partial charge in [0.15, 0.2) is 0 Å². The largest absolute Gasteiger partial charge is 0.496 e. The van der Waals surface area contributed by atoms with E-state index in [0.717, 1.165) is 25.9 Å². The van der Waals surface area contributed by atoms with Crippen LogP contribution in [0.25, 0.3) is 0 Å². The Labute approximate surface area is 149 Å². The number of ether oxygens (including phenoxy) is 1. The van der Waals surface area contributed by atoms with Gasteiger partial charge in [-0.1, -0.05) is 26.0 Å². The van der Waals surface area contributed by atoms with Gasteiger partial charge in [-0.3, -0.25) is 9.59 Å². The van der Waals surface area contributed by atoms with E-state index < -0.39 is 6.04 Å². The number of carbonyl (C=O) groups is 2. The van der Waals surface area contributed by atoms with Gasteiger partial charge in [-0.2, -0.15) is 0 Å². The van der Waals surface area contributed by atoms with Crippen molar-refractivity contribution in [3.63, 3.8) is 0 Å². The van der Waals surface area contributed by atoms with E-state index in [1.54, 1.807) is 24.3 Å².